The van der Waals surface area contributed by atoms with Gasteiger partial charge in [-0.3, -0.25) is 9.48 Å². The number of aryl methyl sites for hydroxylation is 2. The van der Waals surface area contributed by atoms with Crippen LogP contribution in [0.5, 0.6) is 0 Å². The Labute approximate surface area is 155 Å². The van der Waals surface area contributed by atoms with Crippen LogP contribution >= 0.6 is 23.2 Å². The zero-order chi connectivity index (χ0) is 19.6. The van der Waals surface area contributed by atoms with Gasteiger partial charge in [-0.15, -0.1) is 0 Å². The topological polar surface area (TPSA) is 86.1 Å². The summed E-state index contributed by atoms with van der Waals surface area (Å²) in [6, 6.07) is 0.620. The smallest absolute Gasteiger partial charge is 0.417 e. The quantitative estimate of drug-likeness (QED) is 0.781. The first-order chi connectivity index (χ1) is 12.0. The molecule has 0 aliphatic heterocycles. The zero-order valence-corrected chi connectivity index (χ0v) is 14.8. The second kappa shape index (κ2) is 7.50. The Morgan fingerprint density at radius 2 is 2.00 bits per heavy atom. The van der Waals surface area contributed by atoms with Crippen LogP contribution in [0.25, 0.3) is 0 Å². The van der Waals surface area contributed by atoms with Gasteiger partial charge in [-0.05, 0) is 13.0 Å². The van der Waals surface area contributed by atoms with E-state index in [0.29, 0.717) is 18.0 Å². The lowest BCUT2D eigenvalue weighted by atomic mass is 10.2. The minimum absolute atomic E-state index is 0.00709. The van der Waals surface area contributed by atoms with Crippen molar-refractivity contribution >= 4 is 40.9 Å². The molecule has 1 amide bonds. The third kappa shape index (κ3) is 4.44. The molecule has 0 saturated heterocycles. The minimum atomic E-state index is -4.62. The molecule has 0 aliphatic rings. The summed E-state index contributed by atoms with van der Waals surface area (Å²) in [5.41, 5.74) is -0.739. The van der Waals surface area contributed by atoms with E-state index in [1.54, 1.807) is 0 Å². The van der Waals surface area contributed by atoms with E-state index in [2.05, 4.69) is 15.4 Å². The van der Waals surface area contributed by atoms with E-state index in [0.717, 1.165) is 0 Å². The highest BCUT2D eigenvalue weighted by Crippen LogP contribution is 2.32. The van der Waals surface area contributed by atoms with Gasteiger partial charge in [0.05, 0.1) is 16.3 Å². The van der Waals surface area contributed by atoms with E-state index in [1.807, 2.05) is 0 Å². The number of carbonyl (C=O) groups excluding carboxylic acids is 2. The maximum atomic E-state index is 12.5. The number of hydrogen-bond donors (Lipinski definition) is 1. The van der Waals surface area contributed by atoms with E-state index in [1.165, 1.54) is 18.7 Å². The molecule has 2 aromatic heterocycles. The second-order valence-corrected chi connectivity index (χ2v) is 5.82. The molecule has 2 rings (SSSR count). The molecule has 0 saturated carbocycles. The van der Waals surface area contributed by atoms with Gasteiger partial charge in [0.15, 0.2) is 12.4 Å². The van der Waals surface area contributed by atoms with Gasteiger partial charge in [-0.1, -0.05) is 23.2 Å². The first-order valence-corrected chi connectivity index (χ1v) is 7.65. The van der Waals surface area contributed by atoms with Crippen LogP contribution in [0.3, 0.4) is 0 Å². The van der Waals surface area contributed by atoms with Gasteiger partial charge >= 0.3 is 12.1 Å². The Balaban J connectivity index is 2.00. The van der Waals surface area contributed by atoms with Gasteiger partial charge in [0, 0.05) is 13.2 Å². The summed E-state index contributed by atoms with van der Waals surface area (Å²) in [5, 5.41) is 5.71. The van der Waals surface area contributed by atoms with Crippen molar-refractivity contribution in [2.24, 2.45) is 7.05 Å². The van der Waals surface area contributed by atoms with Crippen molar-refractivity contribution in [2.45, 2.75) is 13.1 Å². The zero-order valence-electron chi connectivity index (χ0n) is 13.3. The van der Waals surface area contributed by atoms with Crippen molar-refractivity contribution in [1.29, 1.82) is 0 Å². The Bertz CT molecular complexity index is 868. The number of nitrogens with one attached hydrogen (secondary N) is 1. The van der Waals surface area contributed by atoms with Crippen LogP contribution < -0.4 is 5.32 Å². The van der Waals surface area contributed by atoms with Crippen LogP contribution in [0.15, 0.2) is 12.3 Å². The summed E-state index contributed by atoms with van der Waals surface area (Å²) in [6.45, 7) is 0.816. The molecule has 140 valence electrons. The third-order valence-corrected chi connectivity index (χ3v) is 3.84. The standard InChI is InChI=1S/C14H11Cl2F3N4O3/c1-6-10(11(16)23(2)22-6)13(25)26-5-9(24)21-12-8(15)3-7(4-20-12)14(17,18)19/h3-4H,5H2,1-2H3,(H,20,21,24). The van der Waals surface area contributed by atoms with Crippen LogP contribution in [0.2, 0.25) is 10.2 Å². The maximum Gasteiger partial charge on any atom is 0.417 e. The highest BCUT2D eigenvalue weighted by Gasteiger charge is 2.31. The van der Waals surface area contributed by atoms with E-state index < -0.39 is 35.2 Å². The van der Waals surface area contributed by atoms with Gasteiger partial charge < -0.3 is 10.1 Å². The Morgan fingerprint density at radius 1 is 1.35 bits per heavy atom. The molecule has 0 aromatic carbocycles. The van der Waals surface area contributed by atoms with E-state index in [-0.39, 0.29) is 16.5 Å². The fourth-order valence-corrected chi connectivity index (χ4v) is 2.38. The monoisotopic (exact) mass is 410 g/mol. The number of hydrogen-bond acceptors (Lipinski definition) is 5. The van der Waals surface area contributed by atoms with Crippen molar-refractivity contribution in [3.05, 3.63) is 39.3 Å². The average molecular weight is 411 g/mol. The van der Waals surface area contributed by atoms with Crippen molar-refractivity contribution in [1.82, 2.24) is 14.8 Å². The molecule has 12 heteroatoms. The van der Waals surface area contributed by atoms with E-state index in [4.69, 9.17) is 27.9 Å². The lowest BCUT2D eigenvalue weighted by Crippen LogP contribution is -2.22. The maximum absolute atomic E-state index is 12.5. The Kier molecular flexibility index (Phi) is 5.77. The van der Waals surface area contributed by atoms with Crippen molar-refractivity contribution < 1.29 is 27.5 Å². The van der Waals surface area contributed by atoms with Crippen LogP contribution in [0.4, 0.5) is 19.0 Å². The number of pyridine rings is 1. The molecule has 0 radical (unpaired) electrons. The summed E-state index contributed by atoms with van der Waals surface area (Å²) >= 11 is 11.6. The van der Waals surface area contributed by atoms with E-state index in [9.17, 15) is 22.8 Å². The first kappa shape index (κ1) is 20.0. The molecule has 0 bridgehead atoms. The molecular weight excluding hydrogens is 400 g/mol. The first-order valence-electron chi connectivity index (χ1n) is 6.89. The van der Waals surface area contributed by atoms with Crippen LogP contribution in [-0.2, 0) is 22.8 Å². The predicted molar refractivity (Wildman–Crippen MR) is 86.1 cm³/mol. The van der Waals surface area contributed by atoms with Gasteiger partial charge in [0.25, 0.3) is 5.91 Å². The molecular formula is C14H11Cl2F3N4O3. The molecule has 2 aromatic rings. The average Bonchev–Trinajstić information content (AvgIpc) is 2.78. The molecule has 7 nitrogen and oxygen atoms in total. The fourth-order valence-electron chi connectivity index (χ4n) is 1.92. The third-order valence-electron chi connectivity index (χ3n) is 3.12. The highest BCUT2D eigenvalue weighted by molar-refractivity contribution is 6.33. The van der Waals surface area contributed by atoms with Gasteiger partial charge in [-0.25, -0.2) is 9.78 Å². The summed E-state index contributed by atoms with van der Waals surface area (Å²) in [7, 11) is 1.52. The number of anilines is 1. The molecule has 0 unspecified atom stereocenters. The largest absolute Gasteiger partial charge is 0.452 e. The van der Waals surface area contributed by atoms with Gasteiger partial charge in [0.2, 0.25) is 0 Å². The molecule has 2 heterocycles. The number of ether oxygens (including phenoxy) is 1. The van der Waals surface area contributed by atoms with Crippen molar-refractivity contribution in [2.75, 3.05) is 11.9 Å². The number of esters is 1. The molecule has 0 fully saturated rings. The fraction of sp³-hybridized carbons (Fsp3) is 0.286. The van der Waals surface area contributed by atoms with E-state index >= 15 is 0 Å². The Hall–Kier alpha value is -2.33. The number of aromatic nitrogens is 3. The highest BCUT2D eigenvalue weighted by atomic mass is 35.5. The van der Waals surface area contributed by atoms with Crippen LogP contribution in [0, 0.1) is 6.92 Å². The number of halogens is 5. The number of nitrogens with zero attached hydrogens (tertiary/aromatic N) is 3. The SMILES string of the molecule is Cc1nn(C)c(Cl)c1C(=O)OCC(=O)Nc1ncc(C(F)(F)F)cc1Cl. The molecule has 26 heavy (non-hydrogen) atoms. The lowest BCUT2D eigenvalue weighted by molar-refractivity contribution is -0.137. The minimum Gasteiger partial charge on any atom is -0.452 e. The van der Waals surface area contributed by atoms with Crippen molar-refractivity contribution in [3.63, 3.8) is 0 Å². The van der Waals surface area contributed by atoms with Gasteiger partial charge in [-0.2, -0.15) is 18.3 Å². The van der Waals surface area contributed by atoms with Crippen molar-refractivity contribution in [3.8, 4) is 0 Å². The number of alkyl halides is 3. The number of carbonyl (C=O) groups is 2. The number of rotatable bonds is 4. The van der Waals surface area contributed by atoms with Gasteiger partial charge in [0.1, 0.15) is 10.7 Å². The summed E-state index contributed by atoms with van der Waals surface area (Å²) in [5.74, 6) is -2.01. The Morgan fingerprint density at radius 3 is 2.50 bits per heavy atom. The van der Waals surface area contributed by atoms with Crippen LogP contribution in [0.1, 0.15) is 21.6 Å². The summed E-state index contributed by atoms with van der Waals surface area (Å²) < 4.78 is 43.7. The number of amides is 1. The molecule has 0 atom stereocenters. The predicted octanol–water partition coefficient (Wildman–Crippen LogP) is 3.24. The van der Waals surface area contributed by atoms with Crippen LogP contribution in [-0.4, -0.2) is 33.2 Å². The molecule has 0 spiro atoms. The summed E-state index contributed by atoms with van der Waals surface area (Å²) in [4.78, 5) is 27.2. The normalized spacial score (nSPS) is 11.3. The summed E-state index contributed by atoms with van der Waals surface area (Å²) in [6.07, 6.45) is -4.10. The lowest BCUT2D eigenvalue weighted by Gasteiger charge is -2.10. The second-order valence-electron chi connectivity index (χ2n) is 5.05. The molecule has 0 aliphatic carbocycles. The molecule has 1 N–H and O–H groups in total.